The first kappa shape index (κ1) is 13.8. The van der Waals surface area contributed by atoms with Crippen LogP contribution in [0.3, 0.4) is 0 Å². The van der Waals surface area contributed by atoms with Gasteiger partial charge in [0.1, 0.15) is 0 Å². The van der Waals surface area contributed by atoms with E-state index in [9.17, 15) is 4.79 Å². The van der Waals surface area contributed by atoms with Crippen molar-refractivity contribution in [3.63, 3.8) is 0 Å². The molecule has 0 aromatic heterocycles. The molecule has 0 unspecified atom stereocenters. The molecule has 1 heterocycles. The second-order valence-corrected chi connectivity index (χ2v) is 5.11. The molecular weight excluding hydrogens is 232 g/mol. The number of hydrogen-bond acceptors (Lipinski definition) is 4. The van der Waals surface area contributed by atoms with Crippen LogP contribution >= 0.6 is 0 Å². The first-order chi connectivity index (χ1) is 8.81. The van der Waals surface area contributed by atoms with Gasteiger partial charge in [-0.05, 0) is 38.8 Å². The van der Waals surface area contributed by atoms with Crippen molar-refractivity contribution in [2.24, 2.45) is 0 Å². The quantitative estimate of drug-likeness (QED) is 0.679. The number of aliphatic hydroxyl groups is 1. The van der Waals surface area contributed by atoms with E-state index in [4.69, 9.17) is 9.84 Å². The Hall–Kier alpha value is -0.650. The van der Waals surface area contributed by atoms with Gasteiger partial charge in [-0.25, -0.2) is 0 Å². The molecule has 1 saturated carbocycles. The van der Waals surface area contributed by atoms with Crippen LogP contribution < -0.4 is 5.32 Å². The average Bonchev–Trinajstić information content (AvgIpc) is 3.21. The van der Waals surface area contributed by atoms with E-state index in [1.807, 2.05) is 4.90 Å². The third kappa shape index (κ3) is 4.23. The van der Waals surface area contributed by atoms with Crippen LogP contribution in [-0.2, 0) is 9.53 Å². The second-order valence-electron chi connectivity index (χ2n) is 5.11. The number of aliphatic hydroxyl groups excluding tert-OH is 1. The van der Waals surface area contributed by atoms with Gasteiger partial charge in [0.15, 0.2) is 0 Å². The lowest BCUT2D eigenvalue weighted by Crippen LogP contribution is -2.37. The molecule has 2 rings (SSSR count). The molecule has 0 spiro atoms. The molecule has 0 radical (unpaired) electrons. The summed E-state index contributed by atoms with van der Waals surface area (Å²) in [7, 11) is 0. The molecule has 2 fully saturated rings. The van der Waals surface area contributed by atoms with E-state index in [0.29, 0.717) is 31.7 Å². The van der Waals surface area contributed by atoms with Crippen molar-refractivity contribution >= 4 is 5.91 Å². The van der Waals surface area contributed by atoms with E-state index >= 15 is 0 Å². The van der Waals surface area contributed by atoms with Crippen LogP contribution in [0.5, 0.6) is 0 Å². The highest BCUT2D eigenvalue weighted by Gasteiger charge is 2.31. The molecule has 0 bridgehead atoms. The number of carbonyl (C=O) groups is 1. The van der Waals surface area contributed by atoms with Gasteiger partial charge >= 0.3 is 0 Å². The van der Waals surface area contributed by atoms with Crippen LogP contribution in [0.15, 0.2) is 0 Å². The predicted octanol–water partition coefficient (Wildman–Crippen LogP) is 0.128. The molecule has 1 aliphatic heterocycles. The summed E-state index contributed by atoms with van der Waals surface area (Å²) in [6.07, 6.45) is 5.00. The first-order valence-corrected chi connectivity index (χ1v) is 7.04. The van der Waals surface area contributed by atoms with Gasteiger partial charge in [0.05, 0.1) is 25.7 Å². The highest BCUT2D eigenvalue weighted by Crippen LogP contribution is 2.27. The monoisotopic (exact) mass is 256 g/mol. The van der Waals surface area contributed by atoms with Crippen LogP contribution in [-0.4, -0.2) is 60.9 Å². The Bertz CT molecular complexity index is 263. The Morgan fingerprint density at radius 2 is 2.00 bits per heavy atom. The summed E-state index contributed by atoms with van der Waals surface area (Å²) in [6.45, 7) is 3.06. The molecule has 0 aromatic rings. The molecule has 1 aliphatic carbocycles. The zero-order valence-electron chi connectivity index (χ0n) is 10.9. The van der Waals surface area contributed by atoms with E-state index in [1.54, 1.807) is 0 Å². The molecule has 1 saturated heterocycles. The van der Waals surface area contributed by atoms with Gasteiger partial charge in [-0.1, -0.05) is 0 Å². The van der Waals surface area contributed by atoms with Crippen LogP contribution in [0.2, 0.25) is 0 Å². The molecule has 1 amide bonds. The summed E-state index contributed by atoms with van der Waals surface area (Å²) in [5, 5.41) is 12.2. The van der Waals surface area contributed by atoms with E-state index in [0.717, 1.165) is 38.8 Å². The predicted molar refractivity (Wildman–Crippen MR) is 68.3 cm³/mol. The average molecular weight is 256 g/mol. The summed E-state index contributed by atoms with van der Waals surface area (Å²) < 4.78 is 5.73. The molecule has 5 nitrogen and oxygen atoms in total. The van der Waals surface area contributed by atoms with Crippen LogP contribution in [0.25, 0.3) is 0 Å². The van der Waals surface area contributed by atoms with Crippen LogP contribution in [0.1, 0.15) is 32.1 Å². The first-order valence-electron chi connectivity index (χ1n) is 7.04. The molecule has 2 aliphatic rings. The van der Waals surface area contributed by atoms with Crippen molar-refractivity contribution in [1.82, 2.24) is 10.2 Å². The highest BCUT2D eigenvalue weighted by molar-refractivity contribution is 5.77. The second kappa shape index (κ2) is 7.07. The number of rotatable bonds is 7. The minimum Gasteiger partial charge on any atom is -0.395 e. The molecule has 5 heteroatoms. The summed E-state index contributed by atoms with van der Waals surface area (Å²) in [5.74, 6) is 0.125. The third-order valence-electron chi connectivity index (χ3n) is 3.60. The summed E-state index contributed by atoms with van der Waals surface area (Å²) in [5.41, 5.74) is 0. The number of nitrogens with one attached hydrogen (secondary N) is 1. The topological polar surface area (TPSA) is 61.8 Å². The fraction of sp³-hybridized carbons (Fsp3) is 0.923. The van der Waals surface area contributed by atoms with Crippen LogP contribution in [0.4, 0.5) is 0 Å². The Morgan fingerprint density at radius 1 is 1.28 bits per heavy atom. The Morgan fingerprint density at radius 3 is 2.61 bits per heavy atom. The highest BCUT2D eigenvalue weighted by atomic mass is 16.5. The molecule has 104 valence electrons. The Kier molecular flexibility index (Phi) is 5.41. The van der Waals surface area contributed by atoms with E-state index in [-0.39, 0.29) is 12.5 Å². The Labute approximate surface area is 108 Å². The number of piperidine rings is 1. The smallest absolute Gasteiger partial charge is 0.225 e. The van der Waals surface area contributed by atoms with Gasteiger partial charge in [-0.2, -0.15) is 0 Å². The SMILES string of the molecule is O=C(CCOC1CCNCC1)N(CCO)C1CC1. The van der Waals surface area contributed by atoms with E-state index in [1.165, 1.54) is 0 Å². The van der Waals surface area contributed by atoms with Crippen molar-refractivity contribution in [3.8, 4) is 0 Å². The van der Waals surface area contributed by atoms with Crippen molar-refractivity contribution in [1.29, 1.82) is 0 Å². The molecule has 0 aromatic carbocycles. The maximum Gasteiger partial charge on any atom is 0.225 e. The molecular formula is C13H24N2O3. The fourth-order valence-corrected chi connectivity index (χ4v) is 2.42. The number of carbonyl (C=O) groups excluding carboxylic acids is 1. The lowest BCUT2D eigenvalue weighted by Gasteiger charge is -2.24. The van der Waals surface area contributed by atoms with E-state index in [2.05, 4.69) is 5.32 Å². The van der Waals surface area contributed by atoms with Gasteiger partial charge in [0, 0.05) is 12.6 Å². The molecule has 0 atom stereocenters. The Balaban J connectivity index is 1.63. The molecule has 18 heavy (non-hydrogen) atoms. The van der Waals surface area contributed by atoms with Crippen LogP contribution in [0, 0.1) is 0 Å². The lowest BCUT2D eigenvalue weighted by atomic mass is 10.1. The number of amides is 1. The van der Waals surface area contributed by atoms with Gasteiger partial charge in [-0.3, -0.25) is 4.79 Å². The normalized spacial score (nSPS) is 20.9. The zero-order chi connectivity index (χ0) is 12.8. The summed E-state index contributed by atoms with van der Waals surface area (Å²) in [6, 6.07) is 0.378. The maximum absolute atomic E-state index is 12.0. The minimum absolute atomic E-state index is 0.0530. The molecule has 2 N–H and O–H groups in total. The van der Waals surface area contributed by atoms with Gasteiger partial charge < -0.3 is 20.1 Å². The lowest BCUT2D eigenvalue weighted by molar-refractivity contribution is -0.134. The number of nitrogens with zero attached hydrogens (tertiary/aromatic N) is 1. The fourth-order valence-electron chi connectivity index (χ4n) is 2.42. The number of hydrogen-bond donors (Lipinski definition) is 2. The largest absolute Gasteiger partial charge is 0.395 e. The van der Waals surface area contributed by atoms with E-state index < -0.39 is 0 Å². The van der Waals surface area contributed by atoms with Gasteiger partial charge in [0.2, 0.25) is 5.91 Å². The minimum atomic E-state index is 0.0530. The summed E-state index contributed by atoms with van der Waals surface area (Å²) in [4.78, 5) is 13.8. The van der Waals surface area contributed by atoms with Crippen molar-refractivity contribution in [2.75, 3.05) is 32.8 Å². The van der Waals surface area contributed by atoms with Crippen molar-refractivity contribution < 1.29 is 14.6 Å². The zero-order valence-corrected chi connectivity index (χ0v) is 10.9. The van der Waals surface area contributed by atoms with Crippen molar-refractivity contribution in [3.05, 3.63) is 0 Å². The van der Waals surface area contributed by atoms with Gasteiger partial charge in [0.25, 0.3) is 0 Å². The standard InChI is InChI=1S/C13H24N2O3/c16-9-8-15(11-1-2-11)13(17)5-10-18-12-3-6-14-7-4-12/h11-12,14,16H,1-10H2. The number of ether oxygens (including phenoxy) is 1. The third-order valence-corrected chi connectivity index (χ3v) is 3.60. The maximum atomic E-state index is 12.0. The summed E-state index contributed by atoms with van der Waals surface area (Å²) >= 11 is 0. The van der Waals surface area contributed by atoms with Crippen molar-refractivity contribution in [2.45, 2.75) is 44.2 Å². The van der Waals surface area contributed by atoms with Gasteiger partial charge in [-0.15, -0.1) is 0 Å².